The van der Waals surface area contributed by atoms with Gasteiger partial charge >= 0.3 is 5.97 Å². The maximum Gasteiger partial charge on any atom is 0.322 e. The number of aliphatic carboxylic acids is 1. The predicted octanol–water partition coefficient (Wildman–Crippen LogP) is 1.63. The zero-order valence-electron chi connectivity index (χ0n) is 9.60. The molecule has 1 unspecified atom stereocenters. The fourth-order valence-corrected chi connectivity index (χ4v) is 1.32. The number of carboxylic acids is 1. The van der Waals surface area contributed by atoms with Crippen LogP contribution in [0.1, 0.15) is 25.3 Å². The van der Waals surface area contributed by atoms with E-state index in [0.717, 1.165) is 5.69 Å². The molecule has 0 saturated carbocycles. The Balaban J connectivity index is 2.60. The van der Waals surface area contributed by atoms with Gasteiger partial charge in [-0.1, -0.05) is 26.0 Å². The molecule has 88 valence electrons. The summed E-state index contributed by atoms with van der Waals surface area (Å²) in [5, 5.41) is 11.7. The molecular weight excluding hydrogens is 204 g/mol. The maximum absolute atomic E-state index is 10.5. The lowest BCUT2D eigenvalue weighted by molar-refractivity contribution is -0.138. The molecule has 0 aromatic heterocycles. The Morgan fingerprint density at radius 1 is 1.50 bits per heavy atom. The van der Waals surface area contributed by atoms with Gasteiger partial charge in [-0.15, -0.1) is 0 Å². The van der Waals surface area contributed by atoms with E-state index in [1.807, 2.05) is 24.3 Å². The molecule has 16 heavy (non-hydrogen) atoms. The second-order valence-corrected chi connectivity index (χ2v) is 4.11. The van der Waals surface area contributed by atoms with E-state index in [1.165, 1.54) is 5.56 Å². The highest BCUT2D eigenvalue weighted by atomic mass is 16.4. The molecule has 0 spiro atoms. The van der Waals surface area contributed by atoms with Crippen molar-refractivity contribution in [3.05, 3.63) is 29.8 Å². The van der Waals surface area contributed by atoms with E-state index in [0.29, 0.717) is 5.92 Å². The Hall–Kier alpha value is -1.55. The highest BCUT2D eigenvalue weighted by Gasteiger charge is 2.10. The molecule has 0 bridgehead atoms. The lowest BCUT2D eigenvalue weighted by Gasteiger charge is -2.12. The number of carbonyl (C=O) groups is 1. The van der Waals surface area contributed by atoms with Gasteiger partial charge in [0.15, 0.2) is 0 Å². The third kappa shape index (κ3) is 3.55. The molecule has 1 aromatic rings. The fraction of sp³-hybridized carbons (Fsp3) is 0.417. The van der Waals surface area contributed by atoms with Crippen molar-refractivity contribution in [1.82, 2.24) is 0 Å². The minimum Gasteiger partial charge on any atom is -0.480 e. The summed E-state index contributed by atoms with van der Waals surface area (Å²) >= 11 is 0. The van der Waals surface area contributed by atoms with Gasteiger partial charge in [0.2, 0.25) is 0 Å². The van der Waals surface area contributed by atoms with E-state index < -0.39 is 12.0 Å². The van der Waals surface area contributed by atoms with Crippen molar-refractivity contribution in [2.45, 2.75) is 25.8 Å². The zero-order valence-corrected chi connectivity index (χ0v) is 9.60. The van der Waals surface area contributed by atoms with Crippen LogP contribution in [-0.2, 0) is 4.79 Å². The molecule has 0 aliphatic heterocycles. The van der Waals surface area contributed by atoms with Gasteiger partial charge in [0, 0.05) is 12.2 Å². The van der Waals surface area contributed by atoms with E-state index >= 15 is 0 Å². The smallest absolute Gasteiger partial charge is 0.322 e. The molecular formula is C12H18N2O2. The molecule has 0 aliphatic rings. The van der Waals surface area contributed by atoms with Crippen molar-refractivity contribution in [2.24, 2.45) is 5.73 Å². The molecule has 1 aromatic carbocycles. The van der Waals surface area contributed by atoms with Crippen LogP contribution in [0.3, 0.4) is 0 Å². The van der Waals surface area contributed by atoms with Crippen LogP contribution in [0.15, 0.2) is 24.3 Å². The lowest BCUT2D eigenvalue weighted by atomic mass is 10.0. The number of carboxylic acid groups (broad SMARTS) is 1. The Morgan fingerprint density at radius 3 is 2.75 bits per heavy atom. The van der Waals surface area contributed by atoms with Crippen LogP contribution < -0.4 is 11.1 Å². The predicted molar refractivity (Wildman–Crippen MR) is 64.6 cm³/mol. The number of anilines is 1. The van der Waals surface area contributed by atoms with E-state index in [-0.39, 0.29) is 6.54 Å². The second kappa shape index (κ2) is 5.51. The summed E-state index contributed by atoms with van der Waals surface area (Å²) in [5.41, 5.74) is 7.52. The molecule has 0 heterocycles. The Bertz CT molecular complexity index is 364. The van der Waals surface area contributed by atoms with Gasteiger partial charge in [-0.05, 0) is 23.6 Å². The number of rotatable bonds is 5. The summed E-state index contributed by atoms with van der Waals surface area (Å²) in [5.74, 6) is -0.539. The summed E-state index contributed by atoms with van der Waals surface area (Å²) in [6, 6.07) is 7.04. The van der Waals surface area contributed by atoms with Crippen LogP contribution in [0.5, 0.6) is 0 Å². The van der Waals surface area contributed by atoms with Crippen molar-refractivity contribution in [1.29, 1.82) is 0 Å². The average molecular weight is 222 g/mol. The Morgan fingerprint density at radius 2 is 2.19 bits per heavy atom. The van der Waals surface area contributed by atoms with Crippen molar-refractivity contribution >= 4 is 11.7 Å². The molecule has 1 rings (SSSR count). The van der Waals surface area contributed by atoms with Crippen LogP contribution in [0.2, 0.25) is 0 Å². The Kier molecular flexibility index (Phi) is 4.31. The number of hydrogen-bond acceptors (Lipinski definition) is 3. The van der Waals surface area contributed by atoms with Crippen molar-refractivity contribution in [2.75, 3.05) is 11.9 Å². The van der Waals surface area contributed by atoms with Crippen molar-refractivity contribution in [3.8, 4) is 0 Å². The molecule has 0 fully saturated rings. The highest BCUT2D eigenvalue weighted by Crippen LogP contribution is 2.18. The van der Waals surface area contributed by atoms with E-state index in [2.05, 4.69) is 19.2 Å². The summed E-state index contributed by atoms with van der Waals surface area (Å²) in [4.78, 5) is 10.5. The molecule has 0 aliphatic carbocycles. The van der Waals surface area contributed by atoms with Gasteiger partial charge in [0.25, 0.3) is 0 Å². The molecule has 0 amide bonds. The maximum atomic E-state index is 10.5. The minimum absolute atomic E-state index is 0.233. The van der Waals surface area contributed by atoms with Crippen molar-refractivity contribution in [3.63, 3.8) is 0 Å². The van der Waals surface area contributed by atoms with E-state index in [9.17, 15) is 4.79 Å². The van der Waals surface area contributed by atoms with Gasteiger partial charge < -0.3 is 16.2 Å². The van der Waals surface area contributed by atoms with Crippen molar-refractivity contribution < 1.29 is 9.90 Å². The Labute approximate surface area is 95.5 Å². The molecule has 4 heteroatoms. The van der Waals surface area contributed by atoms with Gasteiger partial charge in [-0.2, -0.15) is 0 Å². The average Bonchev–Trinajstić information content (AvgIpc) is 2.26. The summed E-state index contributed by atoms with van der Waals surface area (Å²) in [7, 11) is 0. The first-order chi connectivity index (χ1) is 7.50. The topological polar surface area (TPSA) is 75.3 Å². The third-order valence-corrected chi connectivity index (χ3v) is 2.40. The summed E-state index contributed by atoms with van der Waals surface area (Å²) < 4.78 is 0. The largest absolute Gasteiger partial charge is 0.480 e. The second-order valence-electron chi connectivity index (χ2n) is 4.11. The van der Waals surface area contributed by atoms with Crippen LogP contribution in [0.25, 0.3) is 0 Å². The number of nitrogens with one attached hydrogen (secondary N) is 1. The number of hydrogen-bond donors (Lipinski definition) is 3. The zero-order chi connectivity index (χ0) is 12.1. The summed E-state index contributed by atoms with van der Waals surface area (Å²) in [6.07, 6.45) is 0. The monoisotopic (exact) mass is 222 g/mol. The standard InChI is InChI=1S/C12H18N2O2/c1-8(2)9-4-3-5-10(6-9)14-7-11(13)12(15)16/h3-6,8,11,14H,7,13H2,1-2H3,(H,15,16). The van der Waals surface area contributed by atoms with Gasteiger partial charge in [-0.3, -0.25) is 4.79 Å². The summed E-state index contributed by atoms with van der Waals surface area (Å²) in [6.45, 7) is 4.46. The molecule has 4 nitrogen and oxygen atoms in total. The van der Waals surface area contributed by atoms with E-state index in [1.54, 1.807) is 0 Å². The molecule has 4 N–H and O–H groups in total. The first-order valence-electron chi connectivity index (χ1n) is 5.33. The minimum atomic E-state index is -0.993. The fourth-order valence-electron chi connectivity index (χ4n) is 1.32. The molecule has 1 atom stereocenters. The lowest BCUT2D eigenvalue weighted by Crippen LogP contribution is -2.36. The molecule has 0 saturated heterocycles. The first-order valence-corrected chi connectivity index (χ1v) is 5.33. The molecule has 0 radical (unpaired) electrons. The van der Waals surface area contributed by atoms with Gasteiger partial charge in [0.05, 0.1) is 0 Å². The van der Waals surface area contributed by atoms with Crippen LogP contribution >= 0.6 is 0 Å². The third-order valence-electron chi connectivity index (χ3n) is 2.40. The van der Waals surface area contributed by atoms with Crippen LogP contribution in [0, 0.1) is 0 Å². The van der Waals surface area contributed by atoms with Gasteiger partial charge in [-0.25, -0.2) is 0 Å². The quantitative estimate of drug-likeness (QED) is 0.708. The normalized spacial score (nSPS) is 12.5. The number of nitrogens with two attached hydrogens (primary N) is 1. The van der Waals surface area contributed by atoms with E-state index in [4.69, 9.17) is 10.8 Å². The van der Waals surface area contributed by atoms with Crippen LogP contribution in [-0.4, -0.2) is 23.7 Å². The highest BCUT2D eigenvalue weighted by molar-refractivity contribution is 5.74. The first kappa shape index (κ1) is 12.5. The number of benzene rings is 1. The van der Waals surface area contributed by atoms with Gasteiger partial charge in [0.1, 0.15) is 6.04 Å². The SMILES string of the molecule is CC(C)c1cccc(NCC(N)C(=O)O)c1. The van der Waals surface area contributed by atoms with Crippen LogP contribution in [0.4, 0.5) is 5.69 Å².